The third kappa shape index (κ3) is 5.57. The largest absolute Gasteiger partial charge is 0.483 e. The van der Waals surface area contributed by atoms with Crippen LogP contribution in [0, 0.1) is 0 Å². The molecule has 0 aromatic heterocycles. The second kappa shape index (κ2) is 9.18. The molecule has 0 unspecified atom stereocenters. The highest BCUT2D eigenvalue weighted by molar-refractivity contribution is 7.80. The summed E-state index contributed by atoms with van der Waals surface area (Å²) in [4.78, 5) is 12.1. The van der Waals surface area contributed by atoms with E-state index in [2.05, 4.69) is 31.4 Å². The first-order valence-electron chi connectivity index (χ1n) is 8.41. The maximum Gasteiger partial charge on any atom is 0.264 e. The average Bonchev–Trinajstić information content (AvgIpc) is 2.60. The van der Waals surface area contributed by atoms with Crippen molar-refractivity contribution in [3.8, 4) is 5.75 Å². The number of para-hydroxylation sites is 2. The van der Waals surface area contributed by atoms with Gasteiger partial charge in [-0.05, 0) is 47.8 Å². The Bertz CT molecular complexity index is 744. The van der Waals surface area contributed by atoms with Crippen molar-refractivity contribution >= 4 is 28.9 Å². The number of carbonyl (C=O) groups excluding carboxylic acids is 1. The lowest BCUT2D eigenvalue weighted by Gasteiger charge is -2.15. The van der Waals surface area contributed by atoms with Gasteiger partial charge >= 0.3 is 0 Å². The number of ether oxygens (including phenoxy) is 1. The Hall–Kier alpha value is -2.40. The van der Waals surface area contributed by atoms with Gasteiger partial charge in [-0.2, -0.15) is 0 Å². The molecule has 0 aliphatic rings. The minimum absolute atomic E-state index is 0.0824. The number of carbonyl (C=O) groups is 1. The van der Waals surface area contributed by atoms with Crippen molar-refractivity contribution in [2.75, 3.05) is 11.9 Å². The summed E-state index contributed by atoms with van der Waals surface area (Å²) in [6.45, 7) is 6.17. The van der Waals surface area contributed by atoms with Crippen LogP contribution in [0.4, 0.5) is 5.69 Å². The van der Waals surface area contributed by atoms with Gasteiger partial charge in [0, 0.05) is 5.69 Å². The van der Waals surface area contributed by atoms with E-state index in [1.165, 1.54) is 0 Å². The smallest absolute Gasteiger partial charge is 0.264 e. The molecule has 0 aliphatic carbocycles. The zero-order valence-electron chi connectivity index (χ0n) is 14.8. The second-order valence-corrected chi connectivity index (χ2v) is 6.40. The van der Waals surface area contributed by atoms with Crippen LogP contribution in [0.1, 0.15) is 37.8 Å². The van der Waals surface area contributed by atoms with E-state index in [-0.39, 0.29) is 17.6 Å². The molecule has 0 radical (unpaired) electrons. The third-order valence-electron chi connectivity index (χ3n) is 3.80. The van der Waals surface area contributed by atoms with E-state index in [1.807, 2.05) is 48.5 Å². The molecule has 0 bridgehead atoms. The fourth-order valence-corrected chi connectivity index (χ4v) is 2.72. The van der Waals surface area contributed by atoms with E-state index in [0.29, 0.717) is 5.92 Å². The fourth-order valence-electron chi connectivity index (χ4n) is 2.50. The second-order valence-electron chi connectivity index (χ2n) is 5.99. The van der Waals surface area contributed by atoms with Crippen LogP contribution in [0.15, 0.2) is 48.5 Å². The van der Waals surface area contributed by atoms with Gasteiger partial charge < -0.3 is 10.1 Å². The van der Waals surface area contributed by atoms with Gasteiger partial charge in [-0.15, -0.1) is 0 Å². The van der Waals surface area contributed by atoms with Crippen LogP contribution in [-0.2, 0) is 11.2 Å². The van der Waals surface area contributed by atoms with Crippen molar-refractivity contribution in [3.63, 3.8) is 0 Å². The Kier molecular flexibility index (Phi) is 6.95. The van der Waals surface area contributed by atoms with Crippen LogP contribution in [-0.4, -0.2) is 17.6 Å². The lowest BCUT2D eigenvalue weighted by molar-refractivity contribution is -0.121. The zero-order valence-corrected chi connectivity index (χ0v) is 15.7. The molecule has 0 spiro atoms. The molecule has 5 heteroatoms. The molecule has 2 aromatic rings. The van der Waals surface area contributed by atoms with Crippen molar-refractivity contribution in [2.45, 2.75) is 33.1 Å². The number of benzene rings is 2. The molecule has 2 aromatic carbocycles. The van der Waals surface area contributed by atoms with Crippen molar-refractivity contribution in [1.29, 1.82) is 0 Å². The number of anilines is 1. The zero-order chi connectivity index (χ0) is 18.2. The summed E-state index contributed by atoms with van der Waals surface area (Å²) in [7, 11) is 0. The molecule has 0 atom stereocenters. The van der Waals surface area contributed by atoms with Crippen LogP contribution >= 0.6 is 12.2 Å². The molecule has 0 aliphatic heterocycles. The van der Waals surface area contributed by atoms with Gasteiger partial charge in [0.2, 0.25) is 0 Å². The standard InChI is InChI=1S/C20H24N2O2S/c1-4-15-9-5-7-11-17(15)21-20(25)22-19(23)13-24-18-12-8-6-10-16(18)14(2)3/h5-12,14H,4,13H2,1-3H3,(H2,21,22,23,25). The van der Waals surface area contributed by atoms with Crippen molar-refractivity contribution in [2.24, 2.45) is 0 Å². The summed E-state index contributed by atoms with van der Waals surface area (Å²) in [5.41, 5.74) is 3.12. The first kappa shape index (κ1) is 18.9. The lowest BCUT2D eigenvalue weighted by atomic mass is 10.0. The highest BCUT2D eigenvalue weighted by Gasteiger charge is 2.11. The molecular formula is C20H24N2O2S. The molecule has 25 heavy (non-hydrogen) atoms. The van der Waals surface area contributed by atoms with Crippen LogP contribution in [0.2, 0.25) is 0 Å². The van der Waals surface area contributed by atoms with Crippen LogP contribution < -0.4 is 15.4 Å². The summed E-state index contributed by atoms with van der Waals surface area (Å²) >= 11 is 5.22. The predicted octanol–water partition coefficient (Wildman–Crippen LogP) is 4.26. The maximum absolute atomic E-state index is 12.1. The van der Waals surface area contributed by atoms with Crippen LogP contribution in [0.3, 0.4) is 0 Å². The first-order valence-corrected chi connectivity index (χ1v) is 8.82. The molecule has 4 nitrogen and oxygen atoms in total. The normalized spacial score (nSPS) is 10.4. The molecular weight excluding hydrogens is 332 g/mol. The number of hydrogen-bond acceptors (Lipinski definition) is 3. The van der Waals surface area contributed by atoms with Crippen molar-refractivity contribution < 1.29 is 9.53 Å². The summed E-state index contributed by atoms with van der Waals surface area (Å²) in [5.74, 6) is 0.764. The highest BCUT2D eigenvalue weighted by atomic mass is 32.1. The fraction of sp³-hybridized carbons (Fsp3) is 0.300. The maximum atomic E-state index is 12.1. The number of hydrogen-bond donors (Lipinski definition) is 2. The number of thiocarbonyl (C=S) groups is 1. The lowest BCUT2D eigenvalue weighted by Crippen LogP contribution is -2.37. The SMILES string of the molecule is CCc1ccccc1NC(=S)NC(=O)COc1ccccc1C(C)C. The van der Waals surface area contributed by atoms with Crippen LogP contribution in [0.5, 0.6) is 5.75 Å². The van der Waals surface area contributed by atoms with E-state index in [9.17, 15) is 4.79 Å². The van der Waals surface area contributed by atoms with Gasteiger partial charge in [-0.25, -0.2) is 0 Å². The summed E-state index contributed by atoms with van der Waals surface area (Å²) in [6, 6.07) is 15.6. The molecule has 1 amide bonds. The van der Waals surface area contributed by atoms with Crippen molar-refractivity contribution in [1.82, 2.24) is 5.32 Å². The van der Waals surface area contributed by atoms with E-state index >= 15 is 0 Å². The van der Waals surface area contributed by atoms with E-state index in [4.69, 9.17) is 17.0 Å². The number of amides is 1. The Morgan fingerprint density at radius 3 is 2.52 bits per heavy atom. The highest BCUT2D eigenvalue weighted by Crippen LogP contribution is 2.25. The Labute approximate surface area is 154 Å². The van der Waals surface area contributed by atoms with Gasteiger partial charge in [-0.3, -0.25) is 10.1 Å². The molecule has 132 valence electrons. The first-order chi connectivity index (χ1) is 12.0. The van der Waals surface area contributed by atoms with Gasteiger partial charge in [0.25, 0.3) is 5.91 Å². The minimum Gasteiger partial charge on any atom is -0.483 e. The molecule has 2 rings (SSSR count). The summed E-state index contributed by atoms with van der Waals surface area (Å²) in [6.07, 6.45) is 0.884. The van der Waals surface area contributed by atoms with Crippen molar-refractivity contribution in [3.05, 3.63) is 59.7 Å². The average molecular weight is 356 g/mol. The number of nitrogens with one attached hydrogen (secondary N) is 2. The summed E-state index contributed by atoms with van der Waals surface area (Å²) in [5, 5.41) is 5.99. The molecule has 0 fully saturated rings. The number of rotatable bonds is 6. The Balaban J connectivity index is 1.89. The minimum atomic E-state index is -0.287. The van der Waals surface area contributed by atoms with E-state index in [0.717, 1.165) is 29.0 Å². The predicted molar refractivity (Wildman–Crippen MR) is 106 cm³/mol. The summed E-state index contributed by atoms with van der Waals surface area (Å²) < 4.78 is 5.66. The third-order valence-corrected chi connectivity index (χ3v) is 4.00. The van der Waals surface area contributed by atoms with Gasteiger partial charge in [0.05, 0.1) is 0 Å². The van der Waals surface area contributed by atoms with E-state index in [1.54, 1.807) is 0 Å². The molecule has 0 heterocycles. The van der Waals surface area contributed by atoms with E-state index < -0.39 is 0 Å². The van der Waals surface area contributed by atoms with Gasteiger partial charge in [0.15, 0.2) is 11.7 Å². The molecule has 2 N–H and O–H groups in total. The number of aryl methyl sites for hydroxylation is 1. The monoisotopic (exact) mass is 356 g/mol. The van der Waals surface area contributed by atoms with Crippen LogP contribution in [0.25, 0.3) is 0 Å². The molecule has 0 saturated carbocycles. The van der Waals surface area contributed by atoms with Gasteiger partial charge in [-0.1, -0.05) is 57.2 Å². The Morgan fingerprint density at radius 2 is 1.80 bits per heavy atom. The Morgan fingerprint density at radius 1 is 1.12 bits per heavy atom. The van der Waals surface area contributed by atoms with Gasteiger partial charge in [0.1, 0.15) is 5.75 Å². The topological polar surface area (TPSA) is 50.4 Å². The molecule has 0 saturated heterocycles. The quantitative estimate of drug-likeness (QED) is 0.759.